The second-order valence-electron chi connectivity index (χ2n) is 8.45. The summed E-state index contributed by atoms with van der Waals surface area (Å²) in [5, 5.41) is 12.8. The number of aliphatic hydroxyl groups is 1. The summed E-state index contributed by atoms with van der Waals surface area (Å²) in [5.74, 6) is 6.13. The molecule has 38 heavy (non-hydrogen) atoms. The Hall–Kier alpha value is -4.75. The highest BCUT2D eigenvalue weighted by Gasteiger charge is 2.13. The smallest absolute Gasteiger partial charge is 0.302 e. The van der Waals surface area contributed by atoms with Crippen LogP contribution >= 0.6 is 0 Å². The van der Waals surface area contributed by atoms with E-state index in [0.29, 0.717) is 33.9 Å². The maximum Gasteiger partial charge on any atom is 0.302 e. The molecule has 4 aromatic rings. The van der Waals surface area contributed by atoms with Gasteiger partial charge in [-0.2, -0.15) is 0 Å². The first-order valence-corrected chi connectivity index (χ1v) is 11.8. The Morgan fingerprint density at radius 1 is 1.21 bits per heavy atom. The molecule has 4 rings (SSSR count). The number of hydrogen-bond acceptors (Lipinski definition) is 7. The van der Waals surface area contributed by atoms with Crippen molar-refractivity contribution in [3.63, 3.8) is 0 Å². The first-order valence-electron chi connectivity index (χ1n) is 11.8. The number of aromatic nitrogens is 3. The van der Waals surface area contributed by atoms with Crippen LogP contribution in [0.5, 0.6) is 11.5 Å². The van der Waals surface area contributed by atoms with Crippen LogP contribution < -0.4 is 20.5 Å². The minimum Gasteiger partial charge on any atom is -0.457 e. The number of aryl methyl sites for hydroxylation is 1. The molecule has 2 N–H and O–H groups in total. The Labute approximate surface area is 218 Å². The normalized spacial score (nSPS) is 11.4. The molecule has 1 atom stereocenters. The molecule has 0 saturated heterocycles. The summed E-state index contributed by atoms with van der Waals surface area (Å²) in [6.45, 7) is 3.04. The second-order valence-corrected chi connectivity index (χ2v) is 8.45. The van der Waals surface area contributed by atoms with E-state index in [-0.39, 0.29) is 13.0 Å². The fourth-order valence-electron chi connectivity index (χ4n) is 3.68. The van der Waals surface area contributed by atoms with E-state index in [1.807, 2.05) is 13.0 Å². The van der Waals surface area contributed by atoms with Crippen LogP contribution in [-0.2, 0) is 4.79 Å². The van der Waals surface area contributed by atoms with Gasteiger partial charge in [-0.3, -0.25) is 14.2 Å². The van der Waals surface area contributed by atoms with E-state index in [2.05, 4.69) is 27.1 Å². The lowest BCUT2D eigenvalue weighted by Gasteiger charge is -2.16. The van der Waals surface area contributed by atoms with Gasteiger partial charge in [-0.15, -0.1) is 0 Å². The molecule has 0 fully saturated rings. The van der Waals surface area contributed by atoms with E-state index in [9.17, 15) is 14.0 Å². The molecule has 2 aromatic carbocycles. The van der Waals surface area contributed by atoms with Crippen molar-refractivity contribution in [1.82, 2.24) is 14.5 Å². The number of benzene rings is 2. The molecule has 10 heteroatoms. The van der Waals surface area contributed by atoms with Crippen LogP contribution in [0, 0.1) is 18.8 Å². The summed E-state index contributed by atoms with van der Waals surface area (Å²) < 4.78 is 20.3. The first-order chi connectivity index (χ1) is 18.3. The van der Waals surface area contributed by atoms with Crippen LogP contribution in [0.2, 0.25) is 0 Å². The van der Waals surface area contributed by atoms with Gasteiger partial charge >= 0.3 is 5.91 Å². The van der Waals surface area contributed by atoms with Gasteiger partial charge in [-0.25, -0.2) is 14.4 Å². The molecule has 9 nitrogen and oxygen atoms in total. The van der Waals surface area contributed by atoms with E-state index in [1.54, 1.807) is 37.4 Å². The van der Waals surface area contributed by atoms with E-state index >= 15 is 0 Å². The fraction of sp³-hybridized carbons (Fsp3) is 0.214. The number of rotatable bonds is 7. The summed E-state index contributed by atoms with van der Waals surface area (Å²) in [5.41, 5.74) is 2.34. The molecule has 0 aliphatic carbocycles. The lowest BCUT2D eigenvalue weighted by molar-refractivity contribution is -0.113. The highest BCUT2D eigenvalue weighted by Crippen LogP contribution is 2.30. The van der Waals surface area contributed by atoms with Gasteiger partial charge in [0.05, 0.1) is 12.1 Å². The Bertz CT molecular complexity index is 1610. The molecule has 194 valence electrons. The Balaban J connectivity index is 1.56. The molecule has 0 aliphatic heterocycles. The molecule has 2 heterocycles. The van der Waals surface area contributed by atoms with Crippen molar-refractivity contribution in [3.8, 4) is 23.3 Å². The van der Waals surface area contributed by atoms with Crippen LogP contribution in [0.25, 0.3) is 10.9 Å². The number of aliphatic hydroxyl groups excluding tert-OH is 1. The largest absolute Gasteiger partial charge is 0.457 e. The van der Waals surface area contributed by atoms with Crippen LogP contribution in [-0.4, -0.2) is 39.2 Å². The third-order valence-electron chi connectivity index (χ3n) is 5.71. The molecule has 2 aromatic heterocycles. The van der Waals surface area contributed by atoms with Gasteiger partial charge in [-0.05, 0) is 67.8 Å². The SMILES string of the molecule is Cc1cc(Nc2ncnc3ccc(N(C)C(=O)C#CCCO)cc23)ccc1Oc1ccn(C(C)F)c(=O)c1. The monoisotopic (exact) mass is 515 g/mol. The van der Waals surface area contributed by atoms with E-state index in [1.165, 1.54) is 36.5 Å². The van der Waals surface area contributed by atoms with E-state index in [0.717, 1.165) is 15.8 Å². The third kappa shape index (κ3) is 5.96. The van der Waals surface area contributed by atoms with Crippen LogP contribution in [0.4, 0.5) is 21.6 Å². The predicted molar refractivity (Wildman–Crippen MR) is 143 cm³/mol. The summed E-state index contributed by atoms with van der Waals surface area (Å²) in [7, 11) is 1.62. The topological polar surface area (TPSA) is 110 Å². The van der Waals surface area contributed by atoms with Crippen molar-refractivity contribution in [2.75, 3.05) is 23.9 Å². The number of nitrogens with zero attached hydrogens (tertiary/aromatic N) is 4. The minimum absolute atomic E-state index is 0.105. The number of pyridine rings is 1. The van der Waals surface area contributed by atoms with Gasteiger partial charge in [0.25, 0.3) is 5.56 Å². The van der Waals surface area contributed by atoms with Gasteiger partial charge in [-0.1, -0.05) is 5.92 Å². The average Bonchev–Trinajstić information content (AvgIpc) is 2.89. The summed E-state index contributed by atoms with van der Waals surface area (Å²) in [6, 6.07) is 13.6. The molecule has 1 unspecified atom stereocenters. The van der Waals surface area contributed by atoms with Crippen molar-refractivity contribution in [1.29, 1.82) is 0 Å². The third-order valence-corrected chi connectivity index (χ3v) is 5.71. The number of fused-ring (bicyclic) bond motifs is 1. The number of ether oxygens (including phenoxy) is 1. The van der Waals surface area contributed by atoms with Crippen molar-refractivity contribution < 1.29 is 19.0 Å². The molecular formula is C28H26FN5O4. The maximum atomic E-state index is 13.5. The highest BCUT2D eigenvalue weighted by atomic mass is 19.1. The van der Waals surface area contributed by atoms with Gasteiger partial charge in [0.1, 0.15) is 23.6 Å². The standard InChI is InChI=1S/C28H26FN5O4/c1-18-14-20(7-10-25(18)38-22-11-12-34(19(2)29)27(37)16-22)32-28-23-15-21(8-9-24(23)30-17-31-28)33(3)26(36)6-4-5-13-35/h7-12,14-17,19,35H,5,13H2,1-3H3,(H,30,31,32). The van der Waals surface area contributed by atoms with E-state index in [4.69, 9.17) is 9.84 Å². The Morgan fingerprint density at radius 3 is 2.74 bits per heavy atom. The van der Waals surface area contributed by atoms with Gasteiger partial charge in [0, 0.05) is 42.5 Å². The summed E-state index contributed by atoms with van der Waals surface area (Å²) in [4.78, 5) is 34.6. The predicted octanol–water partition coefficient (Wildman–Crippen LogP) is 4.47. The number of carbonyl (C=O) groups is 1. The van der Waals surface area contributed by atoms with E-state index < -0.39 is 17.8 Å². The first kappa shape index (κ1) is 26.3. The number of halogens is 1. The Kier molecular flexibility index (Phi) is 7.99. The molecule has 0 spiro atoms. The van der Waals surface area contributed by atoms with Crippen LogP contribution in [0.3, 0.4) is 0 Å². The lowest BCUT2D eigenvalue weighted by atomic mass is 10.1. The van der Waals surface area contributed by atoms with Crippen molar-refractivity contribution in [2.24, 2.45) is 0 Å². The fourth-order valence-corrected chi connectivity index (χ4v) is 3.68. The molecule has 0 saturated carbocycles. The highest BCUT2D eigenvalue weighted by molar-refractivity contribution is 6.06. The average molecular weight is 516 g/mol. The number of carbonyl (C=O) groups excluding carboxylic acids is 1. The minimum atomic E-state index is -1.43. The number of anilines is 3. The zero-order valence-electron chi connectivity index (χ0n) is 21.1. The van der Waals surface area contributed by atoms with Crippen LogP contribution in [0.1, 0.15) is 25.2 Å². The van der Waals surface area contributed by atoms with Crippen molar-refractivity contribution in [3.05, 3.63) is 77.0 Å². The molecule has 0 radical (unpaired) electrons. The summed E-state index contributed by atoms with van der Waals surface area (Å²) >= 11 is 0. The van der Waals surface area contributed by atoms with Gasteiger partial charge in [0.15, 0.2) is 6.30 Å². The molecule has 0 bridgehead atoms. The zero-order chi connectivity index (χ0) is 27.2. The van der Waals surface area contributed by atoms with Crippen LogP contribution in [0.15, 0.2) is 65.8 Å². The number of amides is 1. The van der Waals surface area contributed by atoms with Crippen molar-refractivity contribution in [2.45, 2.75) is 26.6 Å². The quantitative estimate of drug-likeness (QED) is 0.350. The van der Waals surface area contributed by atoms with Gasteiger partial charge < -0.3 is 20.1 Å². The second kappa shape index (κ2) is 11.5. The molecule has 0 aliphatic rings. The number of alkyl halides is 1. The maximum absolute atomic E-state index is 13.5. The molecule has 1 amide bonds. The lowest BCUT2D eigenvalue weighted by Crippen LogP contribution is -2.24. The zero-order valence-corrected chi connectivity index (χ0v) is 21.1. The van der Waals surface area contributed by atoms with Gasteiger partial charge in [0.2, 0.25) is 0 Å². The van der Waals surface area contributed by atoms with Crippen molar-refractivity contribution >= 4 is 34.0 Å². The Morgan fingerprint density at radius 2 is 2.03 bits per heavy atom. The number of hydrogen-bond donors (Lipinski definition) is 2. The number of nitrogens with one attached hydrogen (secondary N) is 1. The molecular weight excluding hydrogens is 489 g/mol. The summed E-state index contributed by atoms with van der Waals surface area (Å²) in [6.07, 6.45) is 1.61.